The van der Waals surface area contributed by atoms with E-state index in [4.69, 9.17) is 9.15 Å². The second-order valence-corrected chi connectivity index (χ2v) is 9.94. The lowest BCUT2D eigenvalue weighted by atomic mass is 9.92. The molecule has 0 spiro atoms. The average Bonchev–Trinajstić information content (AvgIpc) is 3.66. The molecular formula is C26H31N3O7. The predicted octanol–water partition coefficient (Wildman–Crippen LogP) is 1.25. The van der Waals surface area contributed by atoms with Crippen molar-refractivity contribution >= 4 is 34.5 Å². The van der Waals surface area contributed by atoms with Crippen molar-refractivity contribution in [3.8, 4) is 5.75 Å². The molecule has 3 heterocycles. The molecule has 3 N–H and O–H groups in total. The standard InChI is InChI=1S/C26H31N3O7/c1-35-20-6-3-7-21-17(20)11-22(36-21)26(34)29-12-15-4-2-5-16(15)23(29)25(33)28-18(19(31)13-30)10-14-8-9-27-24(14)32/h3,6-7,11,14-16,18,23,30H,2,4-5,8-10,12-13H2,1H3,(H,27,32)(H,28,33)/t14-,15-,16-,18-,23-/m0/s1. The van der Waals surface area contributed by atoms with E-state index in [0.29, 0.717) is 36.2 Å². The number of aliphatic hydroxyl groups excluding tert-OH is 1. The molecule has 10 nitrogen and oxygen atoms in total. The number of aliphatic hydroxyl groups is 1. The first kappa shape index (κ1) is 24.3. The molecule has 3 aliphatic rings. The smallest absolute Gasteiger partial charge is 0.290 e. The van der Waals surface area contributed by atoms with Crippen LogP contribution in [0.25, 0.3) is 11.0 Å². The molecule has 1 aromatic heterocycles. The van der Waals surface area contributed by atoms with Gasteiger partial charge in [0.15, 0.2) is 11.5 Å². The summed E-state index contributed by atoms with van der Waals surface area (Å²) in [7, 11) is 1.55. The molecule has 0 unspecified atom stereocenters. The van der Waals surface area contributed by atoms with Crippen molar-refractivity contribution in [1.29, 1.82) is 0 Å². The average molecular weight is 498 g/mol. The molecule has 36 heavy (non-hydrogen) atoms. The molecule has 5 rings (SSSR count). The van der Waals surface area contributed by atoms with Gasteiger partial charge < -0.3 is 29.8 Å². The first-order chi connectivity index (χ1) is 17.4. The zero-order chi connectivity index (χ0) is 25.4. The van der Waals surface area contributed by atoms with E-state index >= 15 is 0 Å². The van der Waals surface area contributed by atoms with Crippen molar-refractivity contribution in [1.82, 2.24) is 15.5 Å². The maximum absolute atomic E-state index is 13.6. The normalized spacial score (nSPS) is 26.1. The van der Waals surface area contributed by atoms with Gasteiger partial charge in [-0.25, -0.2) is 0 Å². The van der Waals surface area contributed by atoms with Crippen LogP contribution in [0.2, 0.25) is 0 Å². The van der Waals surface area contributed by atoms with Crippen LogP contribution in [0.1, 0.15) is 42.7 Å². The third-order valence-corrected chi connectivity index (χ3v) is 7.92. The maximum atomic E-state index is 13.6. The number of likely N-dealkylation sites (tertiary alicyclic amines) is 1. The molecule has 192 valence electrons. The Labute approximate surface area is 208 Å². The van der Waals surface area contributed by atoms with Crippen LogP contribution in [0.4, 0.5) is 0 Å². The van der Waals surface area contributed by atoms with Gasteiger partial charge in [0.1, 0.15) is 24.0 Å². The lowest BCUT2D eigenvalue weighted by molar-refractivity contribution is -0.133. The first-order valence-corrected chi connectivity index (χ1v) is 12.5. The van der Waals surface area contributed by atoms with Crippen molar-refractivity contribution < 1.29 is 33.4 Å². The Morgan fingerprint density at radius 1 is 1.28 bits per heavy atom. The van der Waals surface area contributed by atoms with Crippen molar-refractivity contribution in [2.75, 3.05) is 26.8 Å². The van der Waals surface area contributed by atoms with E-state index in [1.165, 1.54) is 0 Å². The Hall–Kier alpha value is -3.40. The number of hydrogen-bond donors (Lipinski definition) is 3. The SMILES string of the molecule is COc1cccc2oc(C(=O)N3C[C@@H]4CCC[C@@H]4[C@H]3C(=O)N[C@@H](C[C@@H]3CCNC3=O)C(=O)CO)cc12. The second kappa shape index (κ2) is 9.93. The Balaban J connectivity index is 1.39. The Kier molecular flexibility index (Phi) is 6.70. The quantitative estimate of drug-likeness (QED) is 0.499. The third kappa shape index (κ3) is 4.34. The number of carbonyl (C=O) groups is 4. The lowest BCUT2D eigenvalue weighted by Crippen LogP contribution is -2.53. The molecule has 2 aliphatic heterocycles. The largest absolute Gasteiger partial charge is 0.496 e. The summed E-state index contributed by atoms with van der Waals surface area (Å²) in [6, 6.07) is 5.19. The minimum atomic E-state index is -0.996. The van der Waals surface area contributed by atoms with E-state index in [0.717, 1.165) is 19.3 Å². The van der Waals surface area contributed by atoms with E-state index in [1.54, 1.807) is 36.3 Å². The zero-order valence-corrected chi connectivity index (χ0v) is 20.2. The minimum Gasteiger partial charge on any atom is -0.496 e. The molecular weight excluding hydrogens is 466 g/mol. The highest BCUT2D eigenvalue weighted by atomic mass is 16.5. The van der Waals surface area contributed by atoms with Gasteiger partial charge in [-0.3, -0.25) is 19.2 Å². The first-order valence-electron chi connectivity index (χ1n) is 12.5. The Morgan fingerprint density at radius 3 is 2.83 bits per heavy atom. The van der Waals surface area contributed by atoms with E-state index in [2.05, 4.69) is 10.6 Å². The van der Waals surface area contributed by atoms with Crippen molar-refractivity contribution in [3.05, 3.63) is 30.0 Å². The number of ether oxygens (including phenoxy) is 1. The van der Waals surface area contributed by atoms with Crippen molar-refractivity contribution in [2.24, 2.45) is 17.8 Å². The van der Waals surface area contributed by atoms with E-state index in [-0.39, 0.29) is 35.8 Å². The van der Waals surface area contributed by atoms with Gasteiger partial charge in [-0.15, -0.1) is 0 Å². The van der Waals surface area contributed by atoms with E-state index < -0.39 is 36.3 Å². The highest BCUT2D eigenvalue weighted by molar-refractivity contribution is 6.01. The van der Waals surface area contributed by atoms with Crippen LogP contribution in [-0.2, 0) is 14.4 Å². The molecule has 0 bridgehead atoms. The number of fused-ring (bicyclic) bond motifs is 2. The predicted molar refractivity (Wildman–Crippen MR) is 128 cm³/mol. The number of hydrogen-bond acceptors (Lipinski definition) is 7. The van der Waals surface area contributed by atoms with Gasteiger partial charge >= 0.3 is 0 Å². The molecule has 5 atom stereocenters. The molecule has 0 radical (unpaired) electrons. The van der Waals surface area contributed by atoms with Gasteiger partial charge in [0.25, 0.3) is 5.91 Å². The summed E-state index contributed by atoms with van der Waals surface area (Å²) in [4.78, 5) is 53.3. The van der Waals surface area contributed by atoms with Crippen LogP contribution >= 0.6 is 0 Å². The summed E-state index contributed by atoms with van der Waals surface area (Å²) in [6.07, 6.45) is 3.40. The molecule has 10 heteroatoms. The van der Waals surface area contributed by atoms with Gasteiger partial charge in [-0.05, 0) is 49.7 Å². The molecule has 1 saturated carbocycles. The van der Waals surface area contributed by atoms with Gasteiger partial charge in [0.2, 0.25) is 11.8 Å². The minimum absolute atomic E-state index is 0.0208. The third-order valence-electron chi connectivity index (χ3n) is 7.92. The van der Waals surface area contributed by atoms with Crippen LogP contribution < -0.4 is 15.4 Å². The van der Waals surface area contributed by atoms with Crippen LogP contribution in [0, 0.1) is 17.8 Å². The fraction of sp³-hybridized carbons (Fsp3) is 0.538. The van der Waals surface area contributed by atoms with E-state index in [1.807, 2.05) is 0 Å². The van der Waals surface area contributed by atoms with Crippen LogP contribution in [0.15, 0.2) is 28.7 Å². The van der Waals surface area contributed by atoms with Crippen LogP contribution in [0.5, 0.6) is 5.75 Å². The second-order valence-electron chi connectivity index (χ2n) is 9.94. The molecule has 1 aromatic carbocycles. The van der Waals surface area contributed by atoms with Crippen molar-refractivity contribution in [2.45, 2.75) is 44.2 Å². The van der Waals surface area contributed by atoms with Crippen LogP contribution in [-0.4, -0.2) is 72.4 Å². The number of carbonyl (C=O) groups excluding carboxylic acids is 4. The topological polar surface area (TPSA) is 138 Å². The number of methoxy groups -OCH3 is 1. The summed E-state index contributed by atoms with van der Waals surface area (Å²) < 4.78 is 11.2. The van der Waals surface area contributed by atoms with Crippen LogP contribution in [0.3, 0.4) is 0 Å². The number of furan rings is 1. The molecule has 1 aliphatic carbocycles. The van der Waals surface area contributed by atoms with Gasteiger partial charge in [0.05, 0.1) is 18.5 Å². The lowest BCUT2D eigenvalue weighted by Gasteiger charge is -2.28. The number of rotatable bonds is 8. The Bertz CT molecular complexity index is 1190. The van der Waals surface area contributed by atoms with Gasteiger partial charge in [-0.2, -0.15) is 0 Å². The number of ketones is 1. The monoisotopic (exact) mass is 497 g/mol. The van der Waals surface area contributed by atoms with Crippen molar-refractivity contribution in [3.63, 3.8) is 0 Å². The van der Waals surface area contributed by atoms with E-state index in [9.17, 15) is 24.3 Å². The van der Waals surface area contributed by atoms with Gasteiger partial charge in [0, 0.05) is 25.1 Å². The fourth-order valence-electron chi connectivity index (χ4n) is 6.10. The number of amides is 3. The molecule has 2 aromatic rings. The summed E-state index contributed by atoms with van der Waals surface area (Å²) in [5.74, 6) is -1.05. The molecule has 3 amide bonds. The summed E-state index contributed by atoms with van der Waals surface area (Å²) >= 11 is 0. The fourth-order valence-corrected chi connectivity index (χ4v) is 6.10. The molecule has 2 saturated heterocycles. The number of benzene rings is 1. The summed E-state index contributed by atoms with van der Waals surface area (Å²) in [6.45, 7) is 0.216. The molecule has 3 fully saturated rings. The summed E-state index contributed by atoms with van der Waals surface area (Å²) in [5.41, 5.74) is 0.515. The summed E-state index contributed by atoms with van der Waals surface area (Å²) in [5, 5.41) is 15.7. The number of nitrogens with zero attached hydrogens (tertiary/aromatic N) is 1. The Morgan fingerprint density at radius 2 is 2.11 bits per heavy atom. The maximum Gasteiger partial charge on any atom is 0.290 e. The highest BCUT2D eigenvalue weighted by Gasteiger charge is 2.50. The zero-order valence-electron chi connectivity index (χ0n) is 20.2. The highest BCUT2D eigenvalue weighted by Crippen LogP contribution is 2.43. The number of nitrogens with one attached hydrogen (secondary N) is 2. The van der Waals surface area contributed by atoms with Gasteiger partial charge in [-0.1, -0.05) is 12.5 Å². The number of Topliss-reactive ketones (excluding diaryl/α,β-unsaturated/α-hetero) is 1.